The van der Waals surface area contributed by atoms with Crippen molar-refractivity contribution >= 4 is 71.1 Å². The molecule has 0 rings (SSSR count). The molecule has 0 saturated carbocycles. The summed E-state index contributed by atoms with van der Waals surface area (Å²) in [6, 6.07) is 0. The molecule has 7 heteroatoms. The van der Waals surface area contributed by atoms with Crippen molar-refractivity contribution in [3.63, 3.8) is 0 Å². The topological polar surface area (TPSA) is 86.6 Å². The Labute approximate surface area is 122 Å². The molecule has 5 nitrogen and oxygen atoms in total. The van der Waals surface area contributed by atoms with E-state index in [0.717, 1.165) is 13.1 Å². The van der Waals surface area contributed by atoms with E-state index in [1.807, 2.05) is 0 Å². The second-order valence-electron chi connectivity index (χ2n) is 1.57. The number of hydrogen-bond acceptors (Lipinski definition) is 3. The first-order valence-electron chi connectivity index (χ1n) is 3.23. The minimum atomic E-state index is -1.82. The first kappa shape index (κ1) is 23.6. The fourth-order valence-electron chi connectivity index (χ4n) is 0.250. The SMILES string of the molecule is CCNCC.O=C(O)C(=O)O.[Na].[Na]. The molecule has 0 aromatic carbocycles. The summed E-state index contributed by atoms with van der Waals surface area (Å²) in [6.45, 7) is 6.39. The Morgan fingerprint density at radius 1 is 1.00 bits per heavy atom. The molecule has 3 N–H and O–H groups in total. The van der Waals surface area contributed by atoms with Gasteiger partial charge in [-0.05, 0) is 13.1 Å². The smallest absolute Gasteiger partial charge is 0.414 e. The van der Waals surface area contributed by atoms with Crippen LogP contribution in [0.1, 0.15) is 13.8 Å². The van der Waals surface area contributed by atoms with Crippen LogP contribution in [0, 0.1) is 0 Å². The largest absolute Gasteiger partial charge is 0.473 e. The van der Waals surface area contributed by atoms with Gasteiger partial charge in [0.25, 0.3) is 0 Å². The van der Waals surface area contributed by atoms with Gasteiger partial charge < -0.3 is 15.5 Å². The van der Waals surface area contributed by atoms with Crippen molar-refractivity contribution < 1.29 is 19.8 Å². The van der Waals surface area contributed by atoms with Gasteiger partial charge >= 0.3 is 11.9 Å². The van der Waals surface area contributed by atoms with Crippen molar-refractivity contribution in [2.24, 2.45) is 0 Å². The van der Waals surface area contributed by atoms with E-state index in [1.165, 1.54) is 0 Å². The standard InChI is InChI=1S/C4H11N.C2H2O4.2Na/c1-3-5-4-2;3-1(4)2(5)6;;/h5H,3-4H2,1-2H3;(H,3,4)(H,5,6);;. The van der Waals surface area contributed by atoms with Crippen molar-refractivity contribution in [3.8, 4) is 0 Å². The van der Waals surface area contributed by atoms with Crippen LogP contribution in [0.2, 0.25) is 0 Å². The quantitative estimate of drug-likeness (QED) is 0.401. The molecule has 2 radical (unpaired) electrons. The summed E-state index contributed by atoms with van der Waals surface area (Å²) in [5, 5.41) is 17.9. The van der Waals surface area contributed by atoms with E-state index in [4.69, 9.17) is 19.8 Å². The molecule has 0 aromatic heterocycles. The molecule has 0 aliphatic rings. The number of carboxylic acid groups (broad SMARTS) is 2. The van der Waals surface area contributed by atoms with Gasteiger partial charge in [0, 0.05) is 59.1 Å². The second kappa shape index (κ2) is 18.6. The van der Waals surface area contributed by atoms with Crippen molar-refractivity contribution in [1.29, 1.82) is 0 Å². The number of rotatable bonds is 2. The average Bonchev–Trinajstić information content (AvgIpc) is 1.90. The van der Waals surface area contributed by atoms with Gasteiger partial charge in [0.15, 0.2) is 0 Å². The van der Waals surface area contributed by atoms with Crippen molar-refractivity contribution in [3.05, 3.63) is 0 Å². The molecule has 0 unspecified atom stereocenters. The predicted octanol–water partition coefficient (Wildman–Crippen LogP) is -0.990. The first-order chi connectivity index (χ1) is 5.06. The van der Waals surface area contributed by atoms with Crippen LogP contribution in [0.5, 0.6) is 0 Å². The van der Waals surface area contributed by atoms with Gasteiger partial charge in [-0.1, -0.05) is 13.8 Å². The molecule has 0 atom stereocenters. The molecule has 0 aromatic rings. The zero-order chi connectivity index (χ0) is 9.28. The number of carbonyl (C=O) groups is 2. The third kappa shape index (κ3) is 32.2. The van der Waals surface area contributed by atoms with E-state index in [2.05, 4.69) is 19.2 Å². The average molecular weight is 209 g/mol. The maximum atomic E-state index is 9.10. The van der Waals surface area contributed by atoms with Crippen LogP contribution >= 0.6 is 0 Å². The molecule has 68 valence electrons. The van der Waals surface area contributed by atoms with Crippen molar-refractivity contribution in [1.82, 2.24) is 5.32 Å². The molecule has 0 saturated heterocycles. The Bertz CT molecular complexity index is 118. The molecule has 0 bridgehead atoms. The number of hydrogen-bond donors (Lipinski definition) is 3. The maximum Gasteiger partial charge on any atom is 0.414 e. The molecule has 0 aliphatic carbocycles. The summed E-state index contributed by atoms with van der Waals surface area (Å²) in [4.78, 5) is 18.2. The minimum Gasteiger partial charge on any atom is -0.473 e. The van der Waals surface area contributed by atoms with Crippen LogP contribution in [0.3, 0.4) is 0 Å². The summed E-state index contributed by atoms with van der Waals surface area (Å²) in [6.07, 6.45) is 0. The van der Waals surface area contributed by atoms with E-state index in [-0.39, 0.29) is 59.1 Å². The van der Waals surface area contributed by atoms with Gasteiger partial charge in [0.05, 0.1) is 0 Å². The minimum absolute atomic E-state index is 0. The summed E-state index contributed by atoms with van der Waals surface area (Å²) in [5.41, 5.74) is 0. The fourth-order valence-corrected chi connectivity index (χ4v) is 0.250. The Morgan fingerprint density at radius 2 is 1.23 bits per heavy atom. The van der Waals surface area contributed by atoms with Crippen LogP contribution in [0.25, 0.3) is 0 Å². The zero-order valence-corrected chi connectivity index (χ0v) is 12.6. The van der Waals surface area contributed by atoms with E-state index in [1.54, 1.807) is 0 Å². The van der Waals surface area contributed by atoms with Crippen LogP contribution < -0.4 is 5.32 Å². The molecular formula is C6H13NNa2O4. The summed E-state index contributed by atoms with van der Waals surface area (Å²) in [7, 11) is 0. The molecule has 0 fully saturated rings. The van der Waals surface area contributed by atoms with Crippen molar-refractivity contribution in [2.75, 3.05) is 13.1 Å². The third-order valence-corrected chi connectivity index (χ3v) is 0.683. The Morgan fingerprint density at radius 3 is 1.23 bits per heavy atom. The van der Waals surface area contributed by atoms with Crippen LogP contribution in [-0.4, -0.2) is 94.4 Å². The number of aliphatic carboxylic acids is 2. The molecule has 0 spiro atoms. The first-order valence-corrected chi connectivity index (χ1v) is 3.23. The van der Waals surface area contributed by atoms with Gasteiger partial charge in [0.1, 0.15) is 0 Å². The number of carboxylic acids is 2. The maximum absolute atomic E-state index is 9.10. The van der Waals surface area contributed by atoms with Crippen LogP contribution in [-0.2, 0) is 9.59 Å². The predicted molar refractivity (Wildman–Crippen MR) is 51.0 cm³/mol. The van der Waals surface area contributed by atoms with Gasteiger partial charge in [-0.25, -0.2) is 9.59 Å². The number of nitrogens with one attached hydrogen (secondary N) is 1. The second-order valence-corrected chi connectivity index (χ2v) is 1.57. The van der Waals surface area contributed by atoms with Crippen molar-refractivity contribution in [2.45, 2.75) is 13.8 Å². The van der Waals surface area contributed by atoms with Gasteiger partial charge in [0.2, 0.25) is 0 Å². The molecule has 0 heterocycles. The fraction of sp³-hybridized carbons (Fsp3) is 0.667. The zero-order valence-electron chi connectivity index (χ0n) is 8.63. The van der Waals surface area contributed by atoms with Crippen LogP contribution in [0.4, 0.5) is 0 Å². The van der Waals surface area contributed by atoms with E-state index < -0.39 is 11.9 Å². The summed E-state index contributed by atoms with van der Waals surface area (Å²) >= 11 is 0. The normalized spacial score (nSPS) is 6.62. The molecule has 13 heavy (non-hydrogen) atoms. The van der Waals surface area contributed by atoms with E-state index >= 15 is 0 Å². The Hall–Kier alpha value is 0.900. The summed E-state index contributed by atoms with van der Waals surface area (Å²) in [5.74, 6) is -3.65. The molecule has 0 aliphatic heterocycles. The van der Waals surface area contributed by atoms with Gasteiger partial charge in [-0.15, -0.1) is 0 Å². The Kier molecular flexibility index (Phi) is 33.8. The van der Waals surface area contributed by atoms with Gasteiger partial charge in [-0.2, -0.15) is 0 Å². The van der Waals surface area contributed by atoms with Crippen LogP contribution in [0.15, 0.2) is 0 Å². The summed E-state index contributed by atoms with van der Waals surface area (Å²) < 4.78 is 0. The molecule has 0 amide bonds. The van der Waals surface area contributed by atoms with E-state index in [0.29, 0.717) is 0 Å². The Balaban J connectivity index is -0.0000000546. The monoisotopic (exact) mass is 209 g/mol. The third-order valence-electron chi connectivity index (χ3n) is 0.683. The van der Waals surface area contributed by atoms with Gasteiger partial charge in [-0.3, -0.25) is 0 Å². The molecular weight excluding hydrogens is 196 g/mol. The van der Waals surface area contributed by atoms with E-state index in [9.17, 15) is 0 Å².